The molecule has 72 valence electrons. The highest BCUT2D eigenvalue weighted by molar-refractivity contribution is 6.42. The fourth-order valence-corrected chi connectivity index (χ4v) is 2.21. The quantitative estimate of drug-likeness (QED) is 0.454. The molecular formula is C9H17N3Si. The molecular weight excluding hydrogens is 178 g/mol. The molecule has 3 nitrogen and oxygen atoms in total. The van der Waals surface area contributed by atoms with Crippen LogP contribution in [0.4, 0.5) is 5.69 Å². The Balaban J connectivity index is 2.34. The first-order valence-corrected chi connectivity index (χ1v) is 6.02. The number of anilines is 1. The Labute approximate surface area is 81.8 Å². The van der Waals surface area contributed by atoms with E-state index < -0.39 is 0 Å². The minimum absolute atomic E-state index is 0.345. The molecule has 0 saturated carbocycles. The zero-order valence-electron chi connectivity index (χ0n) is 8.17. The van der Waals surface area contributed by atoms with Crippen molar-refractivity contribution in [2.45, 2.75) is 5.79 Å². The van der Waals surface area contributed by atoms with Gasteiger partial charge in [-0.25, -0.2) is 0 Å². The van der Waals surface area contributed by atoms with Crippen LogP contribution < -0.4 is 15.6 Å². The van der Waals surface area contributed by atoms with Gasteiger partial charge in [-0.3, -0.25) is 0 Å². The third-order valence-electron chi connectivity index (χ3n) is 1.98. The Bertz CT molecular complexity index is 224. The van der Waals surface area contributed by atoms with E-state index in [4.69, 9.17) is 0 Å². The van der Waals surface area contributed by atoms with Crippen LogP contribution in [-0.4, -0.2) is 29.6 Å². The lowest BCUT2D eigenvalue weighted by molar-refractivity contribution is 0.637. The highest BCUT2D eigenvalue weighted by Crippen LogP contribution is 2.03. The van der Waals surface area contributed by atoms with Crippen molar-refractivity contribution in [1.29, 1.82) is 0 Å². The molecule has 0 radical (unpaired) electrons. The van der Waals surface area contributed by atoms with Gasteiger partial charge in [0.25, 0.3) is 0 Å². The molecule has 0 bridgehead atoms. The van der Waals surface area contributed by atoms with E-state index in [1.54, 1.807) is 0 Å². The van der Waals surface area contributed by atoms with Crippen molar-refractivity contribution in [3.63, 3.8) is 0 Å². The van der Waals surface area contributed by atoms with Gasteiger partial charge in [0, 0.05) is 5.69 Å². The minimum atomic E-state index is -0.345. The highest BCUT2D eigenvalue weighted by atomic mass is 28.2. The number of para-hydroxylation sites is 1. The molecule has 0 heterocycles. The van der Waals surface area contributed by atoms with Gasteiger partial charge in [0.1, 0.15) is 0 Å². The van der Waals surface area contributed by atoms with E-state index in [1.807, 2.05) is 32.3 Å². The lowest BCUT2D eigenvalue weighted by Gasteiger charge is -2.15. The fourth-order valence-electron chi connectivity index (χ4n) is 1.12. The maximum Gasteiger partial charge on any atom is 0.154 e. The summed E-state index contributed by atoms with van der Waals surface area (Å²) in [5, 5.41) is 6.42. The molecule has 0 atom stereocenters. The Morgan fingerprint density at radius 2 is 1.69 bits per heavy atom. The normalized spacial score (nSPS) is 11.3. The van der Waals surface area contributed by atoms with Gasteiger partial charge in [-0.15, -0.1) is 0 Å². The molecule has 0 fully saturated rings. The predicted octanol–water partition coefficient (Wildman–Crippen LogP) is -0.0953. The summed E-state index contributed by atoms with van der Waals surface area (Å²) in [7, 11) is 3.60. The Kier molecular flexibility index (Phi) is 4.52. The third kappa shape index (κ3) is 3.58. The summed E-state index contributed by atoms with van der Waals surface area (Å²) >= 11 is 0. The highest BCUT2D eigenvalue weighted by Gasteiger charge is 2.01. The van der Waals surface area contributed by atoms with Crippen LogP contribution in [0, 0.1) is 0 Å². The van der Waals surface area contributed by atoms with Crippen molar-refractivity contribution in [2.24, 2.45) is 0 Å². The Morgan fingerprint density at radius 1 is 1.08 bits per heavy atom. The SMILES string of the molecule is CNC(NC)[SiH2]Nc1ccccc1. The summed E-state index contributed by atoms with van der Waals surface area (Å²) < 4.78 is 0. The van der Waals surface area contributed by atoms with Gasteiger partial charge in [-0.2, -0.15) is 0 Å². The maximum absolute atomic E-state index is 3.46. The number of hydrogen-bond donors (Lipinski definition) is 3. The van der Waals surface area contributed by atoms with Gasteiger partial charge in [-0.05, 0) is 26.2 Å². The molecule has 1 aromatic rings. The molecule has 0 amide bonds. The number of hydrogen-bond acceptors (Lipinski definition) is 3. The summed E-state index contributed by atoms with van der Waals surface area (Å²) in [4.78, 5) is 3.46. The molecule has 0 saturated heterocycles. The van der Waals surface area contributed by atoms with Gasteiger partial charge in [0.2, 0.25) is 0 Å². The first-order valence-electron chi connectivity index (χ1n) is 4.50. The number of nitrogens with one attached hydrogen (secondary N) is 3. The Hall–Kier alpha value is -0.843. The molecule has 3 N–H and O–H groups in total. The molecule has 0 aliphatic heterocycles. The van der Waals surface area contributed by atoms with Crippen molar-refractivity contribution in [1.82, 2.24) is 10.6 Å². The fraction of sp³-hybridized carbons (Fsp3) is 0.333. The number of rotatable bonds is 5. The van der Waals surface area contributed by atoms with Crippen molar-refractivity contribution >= 4 is 15.4 Å². The van der Waals surface area contributed by atoms with Gasteiger partial charge < -0.3 is 15.6 Å². The molecule has 0 unspecified atom stereocenters. The first-order chi connectivity index (χ1) is 6.36. The van der Waals surface area contributed by atoms with E-state index in [0.29, 0.717) is 5.79 Å². The smallest absolute Gasteiger partial charge is 0.154 e. The average Bonchev–Trinajstić information content (AvgIpc) is 2.21. The molecule has 0 aliphatic carbocycles. The van der Waals surface area contributed by atoms with E-state index >= 15 is 0 Å². The van der Waals surface area contributed by atoms with Crippen LogP contribution >= 0.6 is 0 Å². The monoisotopic (exact) mass is 195 g/mol. The molecule has 0 spiro atoms. The van der Waals surface area contributed by atoms with E-state index in [2.05, 4.69) is 27.7 Å². The van der Waals surface area contributed by atoms with Gasteiger partial charge in [-0.1, -0.05) is 18.2 Å². The van der Waals surface area contributed by atoms with Crippen LogP contribution in [0.3, 0.4) is 0 Å². The van der Waals surface area contributed by atoms with Gasteiger partial charge in [0.15, 0.2) is 9.68 Å². The van der Waals surface area contributed by atoms with E-state index in [1.165, 1.54) is 5.69 Å². The summed E-state index contributed by atoms with van der Waals surface area (Å²) in [6, 6.07) is 10.3. The predicted molar refractivity (Wildman–Crippen MR) is 60.5 cm³/mol. The summed E-state index contributed by atoms with van der Waals surface area (Å²) in [5.74, 6) is 0.445. The first kappa shape index (κ1) is 10.2. The molecule has 0 aliphatic rings. The van der Waals surface area contributed by atoms with Gasteiger partial charge >= 0.3 is 0 Å². The van der Waals surface area contributed by atoms with E-state index in [-0.39, 0.29) is 9.68 Å². The molecule has 1 rings (SSSR count). The lowest BCUT2D eigenvalue weighted by atomic mass is 10.3. The van der Waals surface area contributed by atoms with Crippen molar-refractivity contribution in [3.05, 3.63) is 30.3 Å². The third-order valence-corrected chi connectivity index (χ3v) is 3.82. The summed E-state index contributed by atoms with van der Waals surface area (Å²) in [5.41, 5.74) is 1.21. The van der Waals surface area contributed by atoms with E-state index in [0.717, 1.165) is 0 Å². The van der Waals surface area contributed by atoms with Crippen LogP contribution in [0.1, 0.15) is 0 Å². The van der Waals surface area contributed by atoms with Crippen LogP contribution in [0.5, 0.6) is 0 Å². The van der Waals surface area contributed by atoms with Crippen LogP contribution in [0.15, 0.2) is 30.3 Å². The summed E-state index contributed by atoms with van der Waals surface area (Å²) in [6.45, 7) is 0. The van der Waals surface area contributed by atoms with Crippen LogP contribution in [-0.2, 0) is 0 Å². The van der Waals surface area contributed by atoms with Crippen LogP contribution in [0.25, 0.3) is 0 Å². The standard InChI is InChI=1S/C9H17N3Si/c1-10-9(11-2)13-12-8-6-4-3-5-7-8/h3-7,9-12H,13H2,1-2H3. The van der Waals surface area contributed by atoms with Crippen molar-refractivity contribution < 1.29 is 0 Å². The lowest BCUT2D eigenvalue weighted by Crippen LogP contribution is -2.45. The maximum atomic E-state index is 3.46. The van der Waals surface area contributed by atoms with Crippen molar-refractivity contribution in [3.8, 4) is 0 Å². The zero-order valence-corrected chi connectivity index (χ0v) is 9.59. The summed E-state index contributed by atoms with van der Waals surface area (Å²) in [6.07, 6.45) is 0. The largest absolute Gasteiger partial charge is 0.413 e. The minimum Gasteiger partial charge on any atom is -0.413 e. The van der Waals surface area contributed by atoms with Crippen molar-refractivity contribution in [2.75, 3.05) is 19.1 Å². The average molecular weight is 195 g/mol. The molecule has 1 aromatic carbocycles. The molecule has 13 heavy (non-hydrogen) atoms. The van der Waals surface area contributed by atoms with E-state index in [9.17, 15) is 0 Å². The van der Waals surface area contributed by atoms with Crippen LogP contribution in [0.2, 0.25) is 0 Å². The topological polar surface area (TPSA) is 36.1 Å². The second-order valence-corrected chi connectivity index (χ2v) is 4.46. The van der Waals surface area contributed by atoms with Gasteiger partial charge in [0.05, 0.1) is 5.79 Å². The number of benzene rings is 1. The molecule has 4 heteroatoms. The Morgan fingerprint density at radius 3 is 2.23 bits per heavy atom. The second kappa shape index (κ2) is 5.74. The molecule has 0 aromatic heterocycles. The second-order valence-electron chi connectivity index (χ2n) is 2.88. The zero-order chi connectivity index (χ0) is 9.52.